The van der Waals surface area contributed by atoms with Crippen LogP contribution >= 0.6 is 15.9 Å². The molecule has 1 amide bonds. The molecule has 0 radical (unpaired) electrons. The summed E-state index contributed by atoms with van der Waals surface area (Å²) in [4.78, 5) is 22.6. The van der Waals surface area contributed by atoms with E-state index >= 15 is 0 Å². The SMILES string of the molecule is O=C(Cn1cccn1)Nc1cc(C(=O)O)ccc1Br. The Bertz CT molecular complexity index is 611. The van der Waals surface area contributed by atoms with Crippen molar-refractivity contribution in [1.29, 1.82) is 0 Å². The van der Waals surface area contributed by atoms with Gasteiger partial charge in [-0.1, -0.05) is 0 Å². The zero-order chi connectivity index (χ0) is 13.8. The minimum Gasteiger partial charge on any atom is -0.478 e. The van der Waals surface area contributed by atoms with E-state index in [0.29, 0.717) is 10.2 Å². The van der Waals surface area contributed by atoms with Crippen LogP contribution in [0.5, 0.6) is 0 Å². The van der Waals surface area contributed by atoms with Crippen LogP contribution < -0.4 is 5.32 Å². The summed E-state index contributed by atoms with van der Waals surface area (Å²) in [6, 6.07) is 6.14. The van der Waals surface area contributed by atoms with Crippen LogP contribution in [0.3, 0.4) is 0 Å². The number of nitrogens with one attached hydrogen (secondary N) is 1. The number of aromatic carboxylic acids is 1. The fourth-order valence-electron chi connectivity index (χ4n) is 1.48. The number of hydrogen-bond donors (Lipinski definition) is 2. The highest BCUT2D eigenvalue weighted by Crippen LogP contribution is 2.23. The number of anilines is 1. The zero-order valence-corrected chi connectivity index (χ0v) is 11.3. The predicted molar refractivity (Wildman–Crippen MR) is 72.0 cm³/mol. The third-order valence-corrected chi connectivity index (χ3v) is 3.04. The molecule has 98 valence electrons. The number of nitrogens with zero attached hydrogens (tertiary/aromatic N) is 2. The number of carbonyl (C=O) groups is 2. The molecule has 0 atom stereocenters. The molecular weight excluding hydrogens is 314 g/mol. The highest BCUT2D eigenvalue weighted by atomic mass is 79.9. The van der Waals surface area contributed by atoms with E-state index < -0.39 is 5.97 Å². The van der Waals surface area contributed by atoms with Gasteiger partial charge in [0, 0.05) is 16.9 Å². The van der Waals surface area contributed by atoms with Crippen molar-refractivity contribution in [2.24, 2.45) is 0 Å². The van der Waals surface area contributed by atoms with Gasteiger partial charge >= 0.3 is 5.97 Å². The minimum absolute atomic E-state index is 0.0662. The van der Waals surface area contributed by atoms with Crippen LogP contribution in [0.15, 0.2) is 41.1 Å². The Labute approximate surface area is 117 Å². The van der Waals surface area contributed by atoms with Crippen molar-refractivity contribution in [3.8, 4) is 0 Å². The van der Waals surface area contributed by atoms with Crippen molar-refractivity contribution >= 4 is 33.5 Å². The summed E-state index contributed by atoms with van der Waals surface area (Å²) >= 11 is 3.26. The van der Waals surface area contributed by atoms with Gasteiger partial charge in [0.2, 0.25) is 5.91 Å². The molecule has 19 heavy (non-hydrogen) atoms. The molecule has 7 heteroatoms. The van der Waals surface area contributed by atoms with Crippen molar-refractivity contribution in [3.05, 3.63) is 46.7 Å². The third kappa shape index (κ3) is 3.41. The Morgan fingerprint density at radius 1 is 1.42 bits per heavy atom. The van der Waals surface area contributed by atoms with Crippen LogP contribution in [0.25, 0.3) is 0 Å². The van der Waals surface area contributed by atoms with Gasteiger partial charge < -0.3 is 10.4 Å². The monoisotopic (exact) mass is 323 g/mol. The standard InChI is InChI=1S/C12H10BrN3O3/c13-9-3-2-8(12(18)19)6-10(9)15-11(17)7-16-5-1-4-14-16/h1-6H,7H2,(H,15,17)(H,18,19). The molecule has 0 bridgehead atoms. The highest BCUT2D eigenvalue weighted by molar-refractivity contribution is 9.10. The van der Waals surface area contributed by atoms with Gasteiger partial charge in [-0.05, 0) is 40.2 Å². The molecule has 0 aliphatic carbocycles. The summed E-state index contributed by atoms with van der Waals surface area (Å²) in [5.74, 6) is -1.33. The molecule has 0 spiro atoms. The lowest BCUT2D eigenvalue weighted by Crippen LogP contribution is -2.19. The number of rotatable bonds is 4. The fraction of sp³-hybridized carbons (Fsp3) is 0.0833. The molecule has 0 fully saturated rings. The molecule has 2 aromatic rings. The first-order valence-corrected chi connectivity index (χ1v) is 6.15. The van der Waals surface area contributed by atoms with Gasteiger partial charge in [-0.3, -0.25) is 9.48 Å². The highest BCUT2D eigenvalue weighted by Gasteiger charge is 2.10. The van der Waals surface area contributed by atoms with Gasteiger partial charge in [-0.25, -0.2) is 4.79 Å². The van der Waals surface area contributed by atoms with Crippen LogP contribution in [0.4, 0.5) is 5.69 Å². The van der Waals surface area contributed by atoms with Gasteiger partial charge in [-0.15, -0.1) is 0 Å². The third-order valence-electron chi connectivity index (χ3n) is 2.35. The van der Waals surface area contributed by atoms with Crippen LogP contribution in [0, 0.1) is 0 Å². The Morgan fingerprint density at radius 2 is 2.21 bits per heavy atom. The lowest BCUT2D eigenvalue weighted by atomic mass is 10.2. The number of carbonyl (C=O) groups excluding carboxylic acids is 1. The topological polar surface area (TPSA) is 84.2 Å². The van der Waals surface area contributed by atoms with E-state index in [-0.39, 0.29) is 18.0 Å². The summed E-state index contributed by atoms with van der Waals surface area (Å²) in [6.07, 6.45) is 3.25. The molecule has 2 N–H and O–H groups in total. The molecule has 2 rings (SSSR count). The second-order valence-electron chi connectivity index (χ2n) is 3.75. The van der Waals surface area contributed by atoms with Crippen LogP contribution in [0.2, 0.25) is 0 Å². The number of benzene rings is 1. The lowest BCUT2D eigenvalue weighted by molar-refractivity contribution is -0.116. The van der Waals surface area contributed by atoms with Crippen molar-refractivity contribution in [3.63, 3.8) is 0 Å². The second kappa shape index (κ2) is 5.66. The number of hydrogen-bond acceptors (Lipinski definition) is 3. The van der Waals surface area contributed by atoms with E-state index in [1.807, 2.05) is 0 Å². The fourth-order valence-corrected chi connectivity index (χ4v) is 1.83. The number of carboxylic acids is 1. The van der Waals surface area contributed by atoms with Gasteiger partial charge in [0.1, 0.15) is 6.54 Å². The molecule has 0 saturated heterocycles. The van der Waals surface area contributed by atoms with Crippen LogP contribution in [0.1, 0.15) is 10.4 Å². The number of amides is 1. The molecule has 0 unspecified atom stereocenters. The molecule has 1 aromatic heterocycles. The second-order valence-corrected chi connectivity index (χ2v) is 4.61. The van der Waals surface area contributed by atoms with Gasteiger partial charge in [0.05, 0.1) is 11.3 Å². The average molecular weight is 324 g/mol. The maximum Gasteiger partial charge on any atom is 0.335 e. The van der Waals surface area contributed by atoms with Crippen molar-refractivity contribution in [1.82, 2.24) is 9.78 Å². The molecule has 0 aliphatic heterocycles. The minimum atomic E-state index is -1.05. The van der Waals surface area contributed by atoms with E-state index in [2.05, 4.69) is 26.3 Å². The van der Waals surface area contributed by atoms with Crippen LogP contribution in [-0.2, 0) is 11.3 Å². The van der Waals surface area contributed by atoms with Gasteiger partial charge in [0.15, 0.2) is 0 Å². The van der Waals surface area contributed by atoms with E-state index in [0.717, 1.165) is 0 Å². The Hall–Kier alpha value is -2.15. The molecule has 1 aromatic carbocycles. The van der Waals surface area contributed by atoms with Crippen LogP contribution in [-0.4, -0.2) is 26.8 Å². The van der Waals surface area contributed by atoms with Crippen molar-refractivity contribution in [2.75, 3.05) is 5.32 Å². The molecule has 6 nitrogen and oxygen atoms in total. The lowest BCUT2D eigenvalue weighted by Gasteiger charge is -2.08. The first-order valence-electron chi connectivity index (χ1n) is 5.36. The normalized spacial score (nSPS) is 10.2. The summed E-state index contributed by atoms with van der Waals surface area (Å²) in [5.41, 5.74) is 0.523. The first-order chi connectivity index (χ1) is 9.06. The van der Waals surface area contributed by atoms with E-state index in [9.17, 15) is 9.59 Å². The predicted octanol–water partition coefficient (Wildman–Crippen LogP) is 1.98. The smallest absolute Gasteiger partial charge is 0.335 e. The zero-order valence-electron chi connectivity index (χ0n) is 9.71. The Balaban J connectivity index is 2.11. The largest absolute Gasteiger partial charge is 0.478 e. The molecule has 1 heterocycles. The van der Waals surface area contributed by atoms with Crippen molar-refractivity contribution in [2.45, 2.75) is 6.54 Å². The number of halogens is 1. The maximum absolute atomic E-state index is 11.8. The molecule has 0 saturated carbocycles. The summed E-state index contributed by atoms with van der Waals surface area (Å²) in [5, 5.41) is 15.4. The van der Waals surface area contributed by atoms with E-state index in [1.54, 1.807) is 24.5 Å². The van der Waals surface area contributed by atoms with Crippen molar-refractivity contribution < 1.29 is 14.7 Å². The summed E-state index contributed by atoms with van der Waals surface area (Å²) < 4.78 is 2.09. The van der Waals surface area contributed by atoms with E-state index in [4.69, 9.17) is 5.11 Å². The Morgan fingerprint density at radius 3 is 2.84 bits per heavy atom. The quantitative estimate of drug-likeness (QED) is 0.901. The summed E-state index contributed by atoms with van der Waals surface area (Å²) in [6.45, 7) is 0.0662. The number of aromatic nitrogens is 2. The van der Waals surface area contributed by atoms with E-state index in [1.165, 1.54) is 16.8 Å². The maximum atomic E-state index is 11.8. The molecule has 0 aliphatic rings. The average Bonchev–Trinajstić information content (AvgIpc) is 2.84. The first kappa shape index (κ1) is 13.3. The van der Waals surface area contributed by atoms with Gasteiger partial charge in [0.25, 0.3) is 0 Å². The van der Waals surface area contributed by atoms with Gasteiger partial charge in [-0.2, -0.15) is 5.10 Å². The summed E-state index contributed by atoms with van der Waals surface area (Å²) in [7, 11) is 0. The molecular formula is C12H10BrN3O3. The number of carboxylic acid groups (broad SMARTS) is 1. The Kier molecular flexibility index (Phi) is 3.96.